The summed E-state index contributed by atoms with van der Waals surface area (Å²) >= 11 is 5.96. The molecular formula is C22H23ClN4O10. The lowest BCUT2D eigenvalue weighted by Crippen LogP contribution is -2.32. The Labute approximate surface area is 215 Å². The van der Waals surface area contributed by atoms with Gasteiger partial charge in [0.1, 0.15) is 25.4 Å². The molecule has 3 rings (SSSR count). The fraction of sp³-hybridized carbons (Fsp3) is 0.409. The van der Waals surface area contributed by atoms with E-state index in [1.165, 1.54) is 0 Å². The number of aryl methyl sites for hydroxylation is 1. The first-order chi connectivity index (χ1) is 17.6. The Morgan fingerprint density at radius 3 is 2.65 bits per heavy atom. The molecule has 2 aromatic rings. The molecule has 2 atom stereocenters. The Morgan fingerprint density at radius 1 is 1.24 bits per heavy atom. The van der Waals surface area contributed by atoms with Gasteiger partial charge in [-0.15, -0.1) is 20.2 Å². The smallest absolute Gasteiger partial charge is 0.330 e. The van der Waals surface area contributed by atoms with Crippen LogP contribution in [0.1, 0.15) is 47.8 Å². The molecule has 1 aliphatic rings. The average Bonchev–Trinajstić information content (AvgIpc) is 3.27. The molecule has 1 aliphatic heterocycles. The van der Waals surface area contributed by atoms with E-state index in [4.69, 9.17) is 21.1 Å². The summed E-state index contributed by atoms with van der Waals surface area (Å²) in [6.45, 7) is 0.805. The van der Waals surface area contributed by atoms with Crippen molar-refractivity contribution >= 4 is 23.5 Å². The lowest BCUT2D eigenvalue weighted by atomic mass is 10.0. The van der Waals surface area contributed by atoms with Crippen molar-refractivity contribution in [2.24, 2.45) is 0 Å². The molecule has 1 aromatic heterocycles. The number of carbonyl (C=O) groups is 2. The summed E-state index contributed by atoms with van der Waals surface area (Å²) in [5.41, 5.74) is 2.79. The monoisotopic (exact) mass is 538 g/mol. The Kier molecular flexibility index (Phi) is 9.51. The molecule has 0 aliphatic carbocycles. The first kappa shape index (κ1) is 27.5. The number of fused-ring (bicyclic) bond motifs is 1. The van der Waals surface area contributed by atoms with Crippen LogP contribution in [0.25, 0.3) is 0 Å². The van der Waals surface area contributed by atoms with Crippen LogP contribution in [0.3, 0.4) is 0 Å². The summed E-state index contributed by atoms with van der Waals surface area (Å²) in [6.07, 6.45) is -0.00461. The maximum atomic E-state index is 12.4. The molecule has 0 bridgehead atoms. The molecule has 198 valence electrons. The molecule has 1 amide bonds. The number of rotatable bonds is 13. The van der Waals surface area contributed by atoms with Crippen LogP contribution in [0.4, 0.5) is 0 Å². The van der Waals surface area contributed by atoms with Crippen LogP contribution in [0.2, 0.25) is 5.02 Å². The van der Waals surface area contributed by atoms with Gasteiger partial charge in [-0.2, -0.15) is 0 Å². The lowest BCUT2D eigenvalue weighted by Gasteiger charge is -2.14. The Balaban J connectivity index is 1.51. The topological polar surface area (TPSA) is 182 Å². The Morgan fingerprint density at radius 2 is 1.97 bits per heavy atom. The molecule has 0 fully saturated rings. The zero-order valence-corrected chi connectivity index (χ0v) is 20.3. The van der Waals surface area contributed by atoms with E-state index < -0.39 is 47.4 Å². The highest BCUT2D eigenvalue weighted by molar-refractivity contribution is 6.30. The number of halogens is 1. The van der Waals surface area contributed by atoms with Crippen LogP contribution in [0.15, 0.2) is 30.5 Å². The summed E-state index contributed by atoms with van der Waals surface area (Å²) in [4.78, 5) is 57.9. The SMILES string of the molecule is Cc1ncc2c(c1OC(=O)CNC(=O)CCC[C@H](CO[N+](=O)[O-])O[N+](=O)[O-])CO[C@H]2c1ccc(Cl)cc1. The third-order valence-corrected chi connectivity index (χ3v) is 5.63. The van der Waals surface area contributed by atoms with Crippen molar-refractivity contribution in [2.45, 2.75) is 45.0 Å². The maximum Gasteiger partial charge on any atom is 0.330 e. The second-order valence-electron chi connectivity index (χ2n) is 7.96. The van der Waals surface area contributed by atoms with E-state index in [1.807, 2.05) is 12.1 Å². The maximum absolute atomic E-state index is 12.4. The van der Waals surface area contributed by atoms with E-state index >= 15 is 0 Å². The van der Waals surface area contributed by atoms with Gasteiger partial charge in [0.2, 0.25) is 5.91 Å². The van der Waals surface area contributed by atoms with Crippen molar-refractivity contribution in [3.63, 3.8) is 0 Å². The summed E-state index contributed by atoms with van der Waals surface area (Å²) in [5.74, 6) is -0.986. The van der Waals surface area contributed by atoms with Crippen molar-refractivity contribution in [2.75, 3.05) is 13.2 Å². The van der Waals surface area contributed by atoms with Crippen LogP contribution >= 0.6 is 11.6 Å². The summed E-state index contributed by atoms with van der Waals surface area (Å²) < 4.78 is 11.4. The number of aromatic nitrogens is 1. The number of ether oxygens (including phenoxy) is 2. The number of nitrogens with zero attached hydrogens (tertiary/aromatic N) is 3. The predicted octanol–water partition coefficient (Wildman–Crippen LogP) is 2.64. The van der Waals surface area contributed by atoms with Crippen molar-refractivity contribution in [3.8, 4) is 5.75 Å². The van der Waals surface area contributed by atoms with Crippen molar-refractivity contribution in [1.29, 1.82) is 0 Å². The highest BCUT2D eigenvalue weighted by atomic mass is 35.5. The first-order valence-electron chi connectivity index (χ1n) is 11.0. The molecule has 0 unspecified atom stereocenters. The number of nitrogens with one attached hydrogen (secondary N) is 1. The number of esters is 1. The summed E-state index contributed by atoms with van der Waals surface area (Å²) in [6, 6.07) is 7.17. The normalized spacial score (nSPS) is 14.8. The number of pyridine rings is 1. The lowest BCUT2D eigenvalue weighted by molar-refractivity contribution is -0.790. The number of amides is 1. The first-order valence-corrected chi connectivity index (χ1v) is 11.4. The number of hydrogen-bond donors (Lipinski definition) is 1. The van der Waals surface area contributed by atoms with Gasteiger partial charge in [-0.1, -0.05) is 23.7 Å². The standard InChI is InChI=1S/C22H23ClN4O10/c1-13-21(18-12-34-22(17(18)9-24-13)14-5-7-15(23)8-6-14)36-20(29)10-25-19(28)4-2-3-16(37-27(32)33)11-35-26(30)31/h5-9,16,22H,2-4,10-12H2,1H3,(H,25,28)/t16-,22+/m1/s1. The van der Waals surface area contributed by atoms with Gasteiger partial charge in [0.15, 0.2) is 5.75 Å². The molecule has 1 aromatic carbocycles. The van der Waals surface area contributed by atoms with Crippen LogP contribution in [-0.4, -0.2) is 46.3 Å². The summed E-state index contributed by atoms with van der Waals surface area (Å²) in [7, 11) is 0. The molecule has 0 spiro atoms. The van der Waals surface area contributed by atoms with Crippen LogP contribution in [0.5, 0.6) is 5.75 Å². The molecule has 2 heterocycles. The second kappa shape index (κ2) is 12.8. The third-order valence-electron chi connectivity index (χ3n) is 5.37. The van der Waals surface area contributed by atoms with Crippen LogP contribution in [0, 0.1) is 27.2 Å². The number of hydrogen-bond acceptors (Lipinski definition) is 11. The van der Waals surface area contributed by atoms with E-state index in [0.29, 0.717) is 16.3 Å². The van der Waals surface area contributed by atoms with E-state index in [2.05, 4.69) is 20.0 Å². The molecule has 14 nitrogen and oxygen atoms in total. The van der Waals surface area contributed by atoms with Gasteiger partial charge >= 0.3 is 5.97 Å². The third kappa shape index (κ3) is 7.98. The van der Waals surface area contributed by atoms with E-state index in [-0.39, 0.29) is 31.6 Å². The van der Waals surface area contributed by atoms with Gasteiger partial charge in [-0.25, -0.2) is 4.79 Å². The van der Waals surface area contributed by atoms with Crippen molar-refractivity contribution in [3.05, 3.63) is 78.1 Å². The summed E-state index contributed by atoms with van der Waals surface area (Å²) in [5, 5.41) is 21.5. The van der Waals surface area contributed by atoms with Gasteiger partial charge in [0.05, 0.1) is 12.3 Å². The molecule has 37 heavy (non-hydrogen) atoms. The molecule has 0 radical (unpaired) electrons. The fourth-order valence-corrected chi connectivity index (χ4v) is 3.79. The molecule has 0 saturated heterocycles. The number of carbonyl (C=O) groups excluding carboxylic acids is 2. The average molecular weight is 539 g/mol. The quantitative estimate of drug-likeness (QED) is 0.225. The minimum absolute atomic E-state index is 0.0531. The largest absolute Gasteiger partial charge is 0.423 e. The van der Waals surface area contributed by atoms with E-state index in [1.54, 1.807) is 25.3 Å². The molecule has 1 N–H and O–H groups in total. The molecular weight excluding hydrogens is 516 g/mol. The predicted molar refractivity (Wildman–Crippen MR) is 124 cm³/mol. The van der Waals surface area contributed by atoms with Crippen molar-refractivity contribution < 1.29 is 38.9 Å². The van der Waals surface area contributed by atoms with E-state index in [9.17, 15) is 29.8 Å². The van der Waals surface area contributed by atoms with E-state index in [0.717, 1.165) is 11.1 Å². The highest BCUT2D eigenvalue weighted by Gasteiger charge is 2.30. The van der Waals surface area contributed by atoms with Gasteiger partial charge in [0, 0.05) is 28.8 Å². The zero-order chi connectivity index (χ0) is 26.9. The molecule has 15 heteroatoms. The fourth-order valence-electron chi connectivity index (χ4n) is 3.66. The minimum Gasteiger partial charge on any atom is -0.423 e. The van der Waals surface area contributed by atoms with Gasteiger partial charge in [-0.3, -0.25) is 9.78 Å². The Bertz CT molecular complexity index is 1160. The van der Waals surface area contributed by atoms with Gasteiger partial charge < -0.3 is 24.5 Å². The van der Waals surface area contributed by atoms with Gasteiger partial charge in [0.25, 0.3) is 10.2 Å². The van der Waals surface area contributed by atoms with Crippen LogP contribution < -0.4 is 10.1 Å². The zero-order valence-electron chi connectivity index (χ0n) is 19.6. The highest BCUT2D eigenvalue weighted by Crippen LogP contribution is 2.41. The van der Waals surface area contributed by atoms with Crippen molar-refractivity contribution in [1.82, 2.24) is 10.3 Å². The minimum atomic E-state index is -1.22. The Hall–Kier alpha value is -4.04. The van der Waals surface area contributed by atoms with Crippen LogP contribution in [-0.2, 0) is 30.6 Å². The van der Waals surface area contributed by atoms with Gasteiger partial charge in [-0.05, 0) is 37.5 Å². The molecule has 0 saturated carbocycles. The number of benzene rings is 1. The second-order valence-corrected chi connectivity index (χ2v) is 8.40.